The fraction of sp³-hybridized carbons (Fsp3) is 0.273. The standard InChI is InChI=1S/C22H22ClF3N4O5/c1-12(2)28-20(32)21(33)30-27-10-13-7-16(23)19(17(8-13)34-3)35-11-18(31)29-15-6-4-5-14(9-15)22(24,25)26/h4-10,12H,11H2,1-3H3,(H,28,32)(H,29,31)(H,30,33)/b27-10-. The Kier molecular flexibility index (Phi) is 9.46. The van der Waals surface area contributed by atoms with Gasteiger partial charge >= 0.3 is 18.0 Å². The van der Waals surface area contributed by atoms with Gasteiger partial charge in [0.15, 0.2) is 18.1 Å². The molecule has 2 aromatic rings. The highest BCUT2D eigenvalue weighted by Gasteiger charge is 2.30. The minimum absolute atomic E-state index is 0.00542. The molecule has 2 rings (SSSR count). The highest BCUT2D eigenvalue weighted by atomic mass is 35.5. The van der Waals surface area contributed by atoms with Crippen LogP contribution in [-0.4, -0.2) is 43.7 Å². The maximum absolute atomic E-state index is 12.8. The van der Waals surface area contributed by atoms with Crippen LogP contribution in [0.2, 0.25) is 5.02 Å². The van der Waals surface area contributed by atoms with E-state index in [0.717, 1.165) is 12.1 Å². The van der Waals surface area contributed by atoms with Crippen LogP contribution in [-0.2, 0) is 20.6 Å². The lowest BCUT2D eigenvalue weighted by Gasteiger charge is -2.14. The number of anilines is 1. The average molecular weight is 515 g/mol. The molecule has 3 amide bonds. The van der Waals surface area contributed by atoms with E-state index in [2.05, 4.69) is 21.2 Å². The van der Waals surface area contributed by atoms with Crippen molar-refractivity contribution in [2.75, 3.05) is 19.0 Å². The molecule has 0 spiro atoms. The molecule has 35 heavy (non-hydrogen) atoms. The summed E-state index contributed by atoms with van der Waals surface area (Å²) in [5.41, 5.74) is 1.48. The molecule has 2 aromatic carbocycles. The lowest BCUT2D eigenvalue weighted by Crippen LogP contribution is -2.41. The molecular formula is C22H22ClF3N4O5. The third-order valence-corrected chi connectivity index (χ3v) is 4.36. The summed E-state index contributed by atoms with van der Waals surface area (Å²) in [6.07, 6.45) is -3.34. The van der Waals surface area contributed by atoms with Crippen LogP contribution in [0, 0.1) is 0 Å². The number of hydrogen-bond donors (Lipinski definition) is 3. The predicted octanol–water partition coefficient (Wildman–Crippen LogP) is 3.36. The van der Waals surface area contributed by atoms with Gasteiger partial charge in [-0.2, -0.15) is 18.3 Å². The monoisotopic (exact) mass is 514 g/mol. The molecule has 0 radical (unpaired) electrons. The number of carbonyl (C=O) groups excluding carboxylic acids is 3. The molecule has 0 saturated carbocycles. The van der Waals surface area contributed by atoms with Crippen LogP contribution in [0.4, 0.5) is 18.9 Å². The van der Waals surface area contributed by atoms with Crippen molar-refractivity contribution in [1.82, 2.24) is 10.7 Å². The molecule has 0 aliphatic rings. The molecule has 3 N–H and O–H groups in total. The third kappa shape index (κ3) is 8.49. The Labute approximate surface area is 203 Å². The predicted molar refractivity (Wildman–Crippen MR) is 123 cm³/mol. The number of benzene rings is 2. The largest absolute Gasteiger partial charge is 0.493 e. The van der Waals surface area contributed by atoms with Crippen molar-refractivity contribution in [1.29, 1.82) is 0 Å². The van der Waals surface area contributed by atoms with Gasteiger partial charge in [-0.3, -0.25) is 14.4 Å². The first-order chi connectivity index (χ1) is 16.4. The summed E-state index contributed by atoms with van der Waals surface area (Å²) in [5, 5.41) is 8.42. The number of amides is 3. The first kappa shape index (κ1) is 27.4. The number of ether oxygens (including phenoxy) is 2. The Balaban J connectivity index is 2.03. The number of hydrazone groups is 1. The van der Waals surface area contributed by atoms with E-state index in [4.69, 9.17) is 21.1 Å². The van der Waals surface area contributed by atoms with Crippen LogP contribution in [0.5, 0.6) is 11.5 Å². The second-order valence-corrected chi connectivity index (χ2v) is 7.68. The van der Waals surface area contributed by atoms with Gasteiger partial charge in [0.05, 0.1) is 23.9 Å². The van der Waals surface area contributed by atoms with Crippen molar-refractivity contribution in [3.8, 4) is 11.5 Å². The molecule has 0 bridgehead atoms. The normalized spacial score (nSPS) is 11.3. The SMILES string of the molecule is COc1cc(/C=N\NC(=O)C(=O)NC(C)C)cc(Cl)c1OCC(=O)Nc1cccc(C(F)(F)F)c1. The second-order valence-electron chi connectivity index (χ2n) is 7.28. The summed E-state index contributed by atoms with van der Waals surface area (Å²) in [4.78, 5) is 35.4. The minimum Gasteiger partial charge on any atom is -0.493 e. The molecule has 188 valence electrons. The van der Waals surface area contributed by atoms with Gasteiger partial charge < -0.3 is 20.1 Å². The average Bonchev–Trinajstić information content (AvgIpc) is 2.77. The summed E-state index contributed by atoms with van der Waals surface area (Å²) in [6, 6.07) is 6.76. The lowest BCUT2D eigenvalue weighted by atomic mass is 10.2. The number of halogens is 4. The molecule has 0 fully saturated rings. The Morgan fingerprint density at radius 1 is 1.14 bits per heavy atom. The molecule has 0 unspecified atom stereocenters. The zero-order chi connectivity index (χ0) is 26.2. The number of nitrogens with zero attached hydrogens (tertiary/aromatic N) is 1. The van der Waals surface area contributed by atoms with Gasteiger partial charge in [-0.1, -0.05) is 17.7 Å². The number of alkyl halides is 3. The Hall–Kier alpha value is -3.80. The number of hydrogen-bond acceptors (Lipinski definition) is 6. The van der Waals surface area contributed by atoms with Crippen molar-refractivity contribution in [2.24, 2.45) is 5.10 Å². The lowest BCUT2D eigenvalue weighted by molar-refractivity contribution is -0.139. The van der Waals surface area contributed by atoms with E-state index in [1.165, 1.54) is 37.6 Å². The molecule has 0 saturated heterocycles. The second kappa shape index (κ2) is 12.1. The van der Waals surface area contributed by atoms with Crippen molar-refractivity contribution in [3.05, 3.63) is 52.5 Å². The summed E-state index contributed by atoms with van der Waals surface area (Å²) >= 11 is 6.20. The van der Waals surface area contributed by atoms with Crippen LogP contribution in [0.1, 0.15) is 25.0 Å². The van der Waals surface area contributed by atoms with Crippen molar-refractivity contribution in [3.63, 3.8) is 0 Å². The van der Waals surface area contributed by atoms with Gasteiger partial charge in [-0.15, -0.1) is 0 Å². The quantitative estimate of drug-likeness (QED) is 0.284. The number of methoxy groups -OCH3 is 1. The number of rotatable bonds is 8. The van der Waals surface area contributed by atoms with E-state index in [1.54, 1.807) is 13.8 Å². The molecule has 0 atom stereocenters. The summed E-state index contributed by atoms with van der Waals surface area (Å²) in [7, 11) is 1.32. The van der Waals surface area contributed by atoms with E-state index in [0.29, 0.717) is 5.56 Å². The molecule has 0 aromatic heterocycles. The van der Waals surface area contributed by atoms with E-state index >= 15 is 0 Å². The Morgan fingerprint density at radius 2 is 1.86 bits per heavy atom. The fourth-order valence-electron chi connectivity index (χ4n) is 2.61. The highest BCUT2D eigenvalue weighted by Crippen LogP contribution is 2.36. The molecule has 0 aliphatic carbocycles. The fourth-order valence-corrected chi connectivity index (χ4v) is 2.88. The minimum atomic E-state index is -4.55. The summed E-state index contributed by atoms with van der Waals surface area (Å²) in [6.45, 7) is 2.82. The molecule has 13 heteroatoms. The Morgan fingerprint density at radius 3 is 2.49 bits per heavy atom. The van der Waals surface area contributed by atoms with Crippen LogP contribution in [0.3, 0.4) is 0 Å². The van der Waals surface area contributed by atoms with E-state index in [1.807, 2.05) is 0 Å². The van der Waals surface area contributed by atoms with Crippen LogP contribution in [0.15, 0.2) is 41.5 Å². The van der Waals surface area contributed by atoms with E-state index in [9.17, 15) is 27.6 Å². The van der Waals surface area contributed by atoms with Gasteiger partial charge in [0.2, 0.25) is 0 Å². The zero-order valence-corrected chi connectivity index (χ0v) is 19.6. The van der Waals surface area contributed by atoms with Crippen molar-refractivity contribution >= 4 is 41.2 Å². The van der Waals surface area contributed by atoms with Crippen LogP contribution < -0.4 is 25.5 Å². The van der Waals surface area contributed by atoms with Gasteiger partial charge in [-0.05, 0) is 49.7 Å². The smallest absolute Gasteiger partial charge is 0.416 e. The zero-order valence-electron chi connectivity index (χ0n) is 18.8. The molecule has 0 aliphatic heterocycles. The molecule has 0 heterocycles. The number of nitrogens with one attached hydrogen (secondary N) is 3. The Bertz CT molecular complexity index is 1120. The first-order valence-electron chi connectivity index (χ1n) is 10.0. The van der Waals surface area contributed by atoms with Gasteiger partial charge in [0.25, 0.3) is 5.91 Å². The summed E-state index contributed by atoms with van der Waals surface area (Å²) in [5.74, 6) is -2.41. The maximum Gasteiger partial charge on any atom is 0.416 e. The van der Waals surface area contributed by atoms with Crippen LogP contribution >= 0.6 is 11.6 Å². The van der Waals surface area contributed by atoms with Gasteiger partial charge in [0.1, 0.15) is 0 Å². The third-order valence-electron chi connectivity index (χ3n) is 4.08. The van der Waals surface area contributed by atoms with Crippen molar-refractivity contribution in [2.45, 2.75) is 26.1 Å². The van der Waals surface area contributed by atoms with E-state index in [-0.39, 0.29) is 28.3 Å². The van der Waals surface area contributed by atoms with Gasteiger partial charge in [-0.25, -0.2) is 5.43 Å². The van der Waals surface area contributed by atoms with E-state index < -0.39 is 36.1 Å². The summed E-state index contributed by atoms with van der Waals surface area (Å²) < 4.78 is 49.1. The first-order valence-corrected chi connectivity index (χ1v) is 10.4. The maximum atomic E-state index is 12.8. The highest BCUT2D eigenvalue weighted by molar-refractivity contribution is 6.35. The molecule has 9 nitrogen and oxygen atoms in total. The van der Waals surface area contributed by atoms with Crippen molar-refractivity contribution < 1.29 is 37.0 Å². The van der Waals surface area contributed by atoms with Crippen LogP contribution in [0.25, 0.3) is 0 Å². The van der Waals surface area contributed by atoms with Gasteiger partial charge in [0, 0.05) is 11.7 Å². The topological polar surface area (TPSA) is 118 Å². The molecular weight excluding hydrogens is 493 g/mol. The number of carbonyl (C=O) groups is 3.